The maximum absolute atomic E-state index is 9.97. The van der Waals surface area contributed by atoms with E-state index >= 15 is 0 Å². The molecule has 0 amide bonds. The minimum Gasteiger partial charge on any atom is -0.507 e. The highest BCUT2D eigenvalue weighted by molar-refractivity contribution is 5.39. The molecule has 1 aromatic carbocycles. The molecule has 98 valence electrons. The van der Waals surface area contributed by atoms with Gasteiger partial charge >= 0.3 is 0 Å². The van der Waals surface area contributed by atoms with E-state index in [-0.39, 0.29) is 0 Å². The number of benzene rings is 1. The molecule has 0 saturated carbocycles. The van der Waals surface area contributed by atoms with Gasteiger partial charge in [-0.15, -0.1) is 0 Å². The van der Waals surface area contributed by atoms with Crippen molar-refractivity contribution in [3.05, 3.63) is 23.8 Å². The second kappa shape index (κ2) is 4.78. The van der Waals surface area contributed by atoms with E-state index in [9.17, 15) is 5.11 Å². The number of nitrogens with one attached hydrogen (secondary N) is 1. The first-order chi connectivity index (χ1) is 8.76. The van der Waals surface area contributed by atoms with E-state index in [1.165, 1.54) is 0 Å². The van der Waals surface area contributed by atoms with E-state index in [1.54, 1.807) is 13.2 Å². The number of phenols is 1. The number of nitrogens with zero attached hydrogens (tertiary/aromatic N) is 1. The fraction of sp³-hybridized carbons (Fsp3) is 0.571. The summed E-state index contributed by atoms with van der Waals surface area (Å²) in [5.74, 6) is 2.64. The predicted octanol–water partition coefficient (Wildman–Crippen LogP) is 1.05. The number of aromatic hydroxyl groups is 1. The lowest BCUT2D eigenvalue weighted by molar-refractivity contribution is 0.299. The predicted molar refractivity (Wildman–Crippen MR) is 69.8 cm³/mol. The largest absolute Gasteiger partial charge is 0.507 e. The molecule has 2 aliphatic heterocycles. The van der Waals surface area contributed by atoms with Gasteiger partial charge in [-0.1, -0.05) is 6.07 Å². The van der Waals surface area contributed by atoms with Crippen LogP contribution in [-0.4, -0.2) is 43.3 Å². The van der Waals surface area contributed by atoms with Gasteiger partial charge in [0.15, 0.2) is 0 Å². The highest BCUT2D eigenvalue weighted by Gasteiger charge is 2.35. The van der Waals surface area contributed by atoms with Crippen molar-refractivity contribution in [2.24, 2.45) is 11.8 Å². The van der Waals surface area contributed by atoms with Crippen LogP contribution in [0.3, 0.4) is 0 Å². The molecule has 0 spiro atoms. The Labute approximate surface area is 108 Å². The lowest BCUT2D eigenvalue weighted by atomic mass is 10.0. The molecule has 2 aliphatic rings. The van der Waals surface area contributed by atoms with Gasteiger partial charge in [-0.25, -0.2) is 0 Å². The van der Waals surface area contributed by atoms with Crippen molar-refractivity contribution < 1.29 is 9.84 Å². The molecule has 2 fully saturated rings. The Morgan fingerprint density at radius 2 is 2.06 bits per heavy atom. The summed E-state index contributed by atoms with van der Waals surface area (Å²) in [7, 11) is 1.61. The molecule has 2 heterocycles. The summed E-state index contributed by atoms with van der Waals surface area (Å²) < 4.78 is 5.10. The molecular weight excluding hydrogens is 228 g/mol. The maximum atomic E-state index is 9.97. The first-order valence-electron chi connectivity index (χ1n) is 6.55. The van der Waals surface area contributed by atoms with Gasteiger partial charge in [0.1, 0.15) is 11.5 Å². The fourth-order valence-electron chi connectivity index (χ4n) is 3.13. The molecule has 4 nitrogen and oxygen atoms in total. The second-order valence-corrected chi connectivity index (χ2v) is 5.37. The van der Waals surface area contributed by atoms with Gasteiger partial charge in [-0.2, -0.15) is 0 Å². The van der Waals surface area contributed by atoms with Crippen LogP contribution in [0.5, 0.6) is 11.5 Å². The van der Waals surface area contributed by atoms with Crippen LogP contribution in [0.15, 0.2) is 18.2 Å². The van der Waals surface area contributed by atoms with Crippen LogP contribution in [-0.2, 0) is 6.54 Å². The summed E-state index contributed by atoms with van der Waals surface area (Å²) in [5, 5.41) is 13.4. The molecule has 2 N–H and O–H groups in total. The molecule has 3 rings (SSSR count). The first-order valence-corrected chi connectivity index (χ1v) is 6.55. The third-order valence-electron chi connectivity index (χ3n) is 4.15. The molecule has 1 aromatic rings. The van der Waals surface area contributed by atoms with Crippen LogP contribution in [0.25, 0.3) is 0 Å². The Kier molecular flexibility index (Phi) is 3.14. The van der Waals surface area contributed by atoms with Crippen LogP contribution in [0.2, 0.25) is 0 Å². The molecule has 0 aromatic heterocycles. The number of likely N-dealkylation sites (tertiary alicyclic amines) is 1. The summed E-state index contributed by atoms with van der Waals surface area (Å²) in [4.78, 5) is 2.44. The molecule has 0 unspecified atom stereocenters. The zero-order valence-electron chi connectivity index (χ0n) is 10.7. The minimum absolute atomic E-state index is 0.338. The Bertz CT molecular complexity index is 424. The summed E-state index contributed by atoms with van der Waals surface area (Å²) in [6, 6.07) is 5.56. The van der Waals surface area contributed by atoms with Crippen LogP contribution in [0.1, 0.15) is 5.56 Å². The molecule has 2 saturated heterocycles. The highest BCUT2D eigenvalue weighted by atomic mass is 16.5. The average molecular weight is 248 g/mol. The maximum Gasteiger partial charge on any atom is 0.123 e. The summed E-state index contributed by atoms with van der Waals surface area (Å²) in [6.07, 6.45) is 0. The fourth-order valence-corrected chi connectivity index (χ4v) is 3.13. The van der Waals surface area contributed by atoms with Gasteiger partial charge in [-0.3, -0.25) is 4.90 Å². The molecular formula is C14H20N2O2. The number of methoxy groups -OCH3 is 1. The Morgan fingerprint density at radius 1 is 1.33 bits per heavy atom. The quantitative estimate of drug-likeness (QED) is 0.839. The number of rotatable bonds is 3. The third kappa shape index (κ3) is 2.18. The van der Waals surface area contributed by atoms with Gasteiger partial charge in [0.05, 0.1) is 7.11 Å². The number of ether oxygens (including phenoxy) is 1. The van der Waals surface area contributed by atoms with Gasteiger partial charge in [0, 0.05) is 31.3 Å². The first kappa shape index (κ1) is 11.8. The molecule has 0 radical (unpaired) electrons. The van der Waals surface area contributed by atoms with Crippen molar-refractivity contribution in [2.45, 2.75) is 6.54 Å². The van der Waals surface area contributed by atoms with Crippen molar-refractivity contribution in [2.75, 3.05) is 33.3 Å². The topological polar surface area (TPSA) is 44.7 Å². The Morgan fingerprint density at radius 3 is 2.67 bits per heavy atom. The van der Waals surface area contributed by atoms with Crippen molar-refractivity contribution >= 4 is 0 Å². The molecule has 0 bridgehead atoms. The van der Waals surface area contributed by atoms with Crippen molar-refractivity contribution in [1.29, 1.82) is 0 Å². The molecule has 4 heteroatoms. The standard InChI is InChI=1S/C14H20N2O2/c1-18-13-3-2-10(14(17)4-13)7-16-8-11-5-15-6-12(11)9-16/h2-4,11-12,15,17H,5-9H2,1H3/t11-,12+. The average Bonchev–Trinajstić information content (AvgIpc) is 2.92. The zero-order valence-corrected chi connectivity index (χ0v) is 10.7. The number of hydrogen-bond acceptors (Lipinski definition) is 4. The number of fused-ring (bicyclic) bond motifs is 1. The monoisotopic (exact) mass is 248 g/mol. The van der Waals surface area contributed by atoms with E-state index in [0.29, 0.717) is 11.5 Å². The third-order valence-corrected chi connectivity index (χ3v) is 4.15. The second-order valence-electron chi connectivity index (χ2n) is 5.37. The summed E-state index contributed by atoms with van der Waals surface area (Å²) in [5.41, 5.74) is 0.990. The van der Waals surface area contributed by atoms with E-state index < -0.39 is 0 Å². The van der Waals surface area contributed by atoms with E-state index in [2.05, 4.69) is 10.2 Å². The summed E-state index contributed by atoms with van der Waals surface area (Å²) >= 11 is 0. The Hall–Kier alpha value is -1.26. The number of hydrogen-bond donors (Lipinski definition) is 2. The van der Waals surface area contributed by atoms with Gasteiger partial charge in [-0.05, 0) is 31.0 Å². The van der Waals surface area contributed by atoms with Gasteiger partial charge in [0.2, 0.25) is 0 Å². The zero-order chi connectivity index (χ0) is 12.5. The van der Waals surface area contributed by atoms with Gasteiger partial charge in [0.25, 0.3) is 0 Å². The van der Waals surface area contributed by atoms with Crippen LogP contribution in [0.4, 0.5) is 0 Å². The minimum atomic E-state index is 0.338. The molecule has 0 aliphatic carbocycles. The normalized spacial score (nSPS) is 27.4. The lowest BCUT2D eigenvalue weighted by Crippen LogP contribution is -2.25. The van der Waals surface area contributed by atoms with Gasteiger partial charge < -0.3 is 15.2 Å². The van der Waals surface area contributed by atoms with Crippen molar-refractivity contribution in [1.82, 2.24) is 10.2 Å². The summed E-state index contributed by atoms with van der Waals surface area (Å²) in [6.45, 7) is 5.42. The number of phenolic OH excluding ortho intramolecular Hbond substituents is 1. The molecule has 2 atom stereocenters. The van der Waals surface area contributed by atoms with E-state index in [0.717, 1.165) is 50.1 Å². The SMILES string of the molecule is COc1ccc(CN2C[C@H]3CNC[C@H]3C2)c(O)c1. The van der Waals surface area contributed by atoms with Crippen LogP contribution < -0.4 is 10.1 Å². The van der Waals surface area contributed by atoms with Crippen LogP contribution in [0, 0.1) is 11.8 Å². The highest BCUT2D eigenvalue weighted by Crippen LogP contribution is 2.30. The van der Waals surface area contributed by atoms with Crippen LogP contribution >= 0.6 is 0 Å². The smallest absolute Gasteiger partial charge is 0.123 e. The van der Waals surface area contributed by atoms with E-state index in [4.69, 9.17) is 4.74 Å². The Balaban J connectivity index is 1.66. The van der Waals surface area contributed by atoms with Crippen molar-refractivity contribution in [3.8, 4) is 11.5 Å². The van der Waals surface area contributed by atoms with Crippen molar-refractivity contribution in [3.63, 3.8) is 0 Å². The van der Waals surface area contributed by atoms with E-state index in [1.807, 2.05) is 12.1 Å². The lowest BCUT2D eigenvalue weighted by Gasteiger charge is -2.18. The molecule has 18 heavy (non-hydrogen) atoms.